The fourth-order valence-electron chi connectivity index (χ4n) is 2.66. The molecule has 0 spiro atoms. The van der Waals surface area contributed by atoms with Gasteiger partial charge in [-0.3, -0.25) is 9.69 Å². The van der Waals surface area contributed by atoms with E-state index in [1.54, 1.807) is 18.2 Å². The molecule has 1 saturated carbocycles. The number of carbonyl (C=O) groups is 1. The normalized spacial score (nSPS) is 14.0. The molecule has 0 bridgehead atoms. The van der Waals surface area contributed by atoms with Crippen molar-refractivity contribution >= 4 is 34.8 Å². The highest BCUT2D eigenvalue weighted by Gasteiger charge is 2.30. The number of rotatable bonds is 6. The maximum absolute atomic E-state index is 12.4. The molecule has 24 heavy (non-hydrogen) atoms. The zero-order chi connectivity index (χ0) is 17.1. The maximum Gasteiger partial charge on any atom is 0.238 e. The van der Waals surface area contributed by atoms with Crippen LogP contribution >= 0.6 is 23.2 Å². The first-order chi connectivity index (χ1) is 11.5. The molecule has 3 rings (SSSR count). The van der Waals surface area contributed by atoms with Gasteiger partial charge in [0, 0.05) is 12.6 Å². The fraction of sp³-hybridized carbons (Fsp3) is 0.316. The fourth-order valence-corrected chi connectivity index (χ4v) is 3.15. The molecule has 1 N–H and O–H groups in total. The summed E-state index contributed by atoms with van der Waals surface area (Å²) in [6, 6.07) is 14.1. The lowest BCUT2D eigenvalue weighted by atomic mass is 10.1. The van der Waals surface area contributed by atoms with Crippen molar-refractivity contribution in [3.8, 4) is 0 Å². The second-order valence-electron chi connectivity index (χ2n) is 6.27. The van der Waals surface area contributed by atoms with Gasteiger partial charge in [-0.2, -0.15) is 0 Å². The van der Waals surface area contributed by atoms with Gasteiger partial charge < -0.3 is 5.32 Å². The Labute approximate surface area is 152 Å². The Morgan fingerprint density at radius 2 is 1.75 bits per heavy atom. The first kappa shape index (κ1) is 17.3. The molecule has 0 saturated heterocycles. The van der Waals surface area contributed by atoms with Crippen molar-refractivity contribution in [2.75, 3.05) is 11.9 Å². The van der Waals surface area contributed by atoms with Crippen LogP contribution in [0.15, 0.2) is 42.5 Å². The Kier molecular flexibility index (Phi) is 5.44. The predicted octanol–water partition coefficient (Wildman–Crippen LogP) is 4.90. The number of carbonyl (C=O) groups excluding carboxylic acids is 1. The van der Waals surface area contributed by atoms with Gasteiger partial charge in [0.1, 0.15) is 0 Å². The summed E-state index contributed by atoms with van der Waals surface area (Å²) in [6.07, 6.45) is 2.29. The van der Waals surface area contributed by atoms with E-state index in [0.717, 1.165) is 19.4 Å². The summed E-state index contributed by atoms with van der Waals surface area (Å²) < 4.78 is 0. The van der Waals surface area contributed by atoms with Crippen LogP contribution in [0.3, 0.4) is 0 Å². The first-order valence-electron chi connectivity index (χ1n) is 8.06. The standard InChI is InChI=1S/C19H20Cl2N2O/c1-13-5-7-14(8-6-13)11-23(15-9-10-15)12-18(24)22-19-16(20)3-2-4-17(19)21/h2-8,15H,9-12H2,1H3,(H,22,24). The number of hydrogen-bond acceptors (Lipinski definition) is 2. The molecule has 1 aliphatic carbocycles. The average molecular weight is 363 g/mol. The van der Waals surface area contributed by atoms with Crippen LogP contribution < -0.4 is 5.32 Å². The number of amides is 1. The Morgan fingerprint density at radius 3 is 2.33 bits per heavy atom. The van der Waals surface area contributed by atoms with Gasteiger partial charge in [-0.05, 0) is 37.5 Å². The largest absolute Gasteiger partial charge is 0.322 e. The molecule has 2 aromatic carbocycles. The molecule has 2 aromatic rings. The van der Waals surface area contributed by atoms with Gasteiger partial charge in [-0.1, -0.05) is 59.1 Å². The molecule has 0 radical (unpaired) electrons. The van der Waals surface area contributed by atoms with Gasteiger partial charge in [-0.15, -0.1) is 0 Å². The van der Waals surface area contributed by atoms with Gasteiger partial charge in [0.05, 0.1) is 22.3 Å². The average Bonchev–Trinajstić information content (AvgIpc) is 3.37. The van der Waals surface area contributed by atoms with E-state index in [2.05, 4.69) is 41.4 Å². The lowest BCUT2D eigenvalue weighted by Crippen LogP contribution is -2.34. The number of nitrogens with one attached hydrogen (secondary N) is 1. The maximum atomic E-state index is 12.4. The molecule has 0 unspecified atom stereocenters. The van der Waals surface area contributed by atoms with Crippen LogP contribution in [-0.2, 0) is 11.3 Å². The second kappa shape index (κ2) is 7.56. The van der Waals surface area contributed by atoms with Crippen molar-refractivity contribution in [3.05, 3.63) is 63.6 Å². The minimum absolute atomic E-state index is 0.0935. The molecule has 1 aliphatic rings. The third-order valence-electron chi connectivity index (χ3n) is 4.14. The Morgan fingerprint density at radius 1 is 1.12 bits per heavy atom. The smallest absolute Gasteiger partial charge is 0.238 e. The number of aryl methyl sites for hydroxylation is 1. The van der Waals surface area contributed by atoms with Crippen LogP contribution in [0.2, 0.25) is 10.0 Å². The number of benzene rings is 2. The van der Waals surface area contributed by atoms with E-state index in [4.69, 9.17) is 23.2 Å². The van der Waals surface area contributed by atoms with E-state index < -0.39 is 0 Å². The van der Waals surface area contributed by atoms with Crippen LogP contribution in [0.5, 0.6) is 0 Å². The third kappa shape index (κ3) is 4.50. The van der Waals surface area contributed by atoms with E-state index in [9.17, 15) is 4.79 Å². The number of nitrogens with zero attached hydrogens (tertiary/aromatic N) is 1. The van der Waals surface area contributed by atoms with Crippen molar-refractivity contribution in [2.45, 2.75) is 32.4 Å². The summed E-state index contributed by atoms with van der Waals surface area (Å²) in [5.74, 6) is -0.0935. The van der Waals surface area contributed by atoms with Crippen LogP contribution in [0.25, 0.3) is 0 Å². The van der Waals surface area contributed by atoms with E-state index in [1.165, 1.54) is 11.1 Å². The van der Waals surface area contributed by atoms with E-state index in [1.807, 2.05) is 0 Å². The second-order valence-corrected chi connectivity index (χ2v) is 7.08. The highest BCUT2D eigenvalue weighted by Crippen LogP contribution is 2.31. The summed E-state index contributed by atoms with van der Waals surface area (Å²) in [7, 11) is 0. The highest BCUT2D eigenvalue weighted by atomic mass is 35.5. The Balaban J connectivity index is 1.65. The quantitative estimate of drug-likeness (QED) is 0.791. The lowest BCUT2D eigenvalue weighted by Gasteiger charge is -2.22. The van der Waals surface area contributed by atoms with E-state index >= 15 is 0 Å². The minimum Gasteiger partial charge on any atom is -0.322 e. The predicted molar refractivity (Wildman–Crippen MR) is 99.7 cm³/mol. The van der Waals surface area contributed by atoms with E-state index in [0.29, 0.717) is 28.3 Å². The third-order valence-corrected chi connectivity index (χ3v) is 4.77. The number of hydrogen-bond donors (Lipinski definition) is 1. The molecule has 0 atom stereocenters. The molecule has 1 amide bonds. The topological polar surface area (TPSA) is 32.3 Å². The van der Waals surface area contributed by atoms with Crippen molar-refractivity contribution < 1.29 is 4.79 Å². The summed E-state index contributed by atoms with van der Waals surface area (Å²) in [5.41, 5.74) is 2.94. The molecular formula is C19H20Cl2N2O. The molecule has 0 aliphatic heterocycles. The molecular weight excluding hydrogens is 343 g/mol. The van der Waals surface area contributed by atoms with Gasteiger partial charge in [0.25, 0.3) is 0 Å². The molecule has 5 heteroatoms. The van der Waals surface area contributed by atoms with Crippen LogP contribution in [0.4, 0.5) is 5.69 Å². The summed E-state index contributed by atoms with van der Waals surface area (Å²) >= 11 is 12.2. The van der Waals surface area contributed by atoms with Crippen LogP contribution in [0, 0.1) is 6.92 Å². The molecule has 0 aromatic heterocycles. The first-order valence-corrected chi connectivity index (χ1v) is 8.82. The molecule has 3 nitrogen and oxygen atoms in total. The monoisotopic (exact) mass is 362 g/mol. The SMILES string of the molecule is Cc1ccc(CN(CC(=O)Nc2c(Cl)cccc2Cl)C2CC2)cc1. The van der Waals surface area contributed by atoms with Gasteiger partial charge in [0.2, 0.25) is 5.91 Å². The number of para-hydroxylation sites is 1. The van der Waals surface area contributed by atoms with Gasteiger partial charge >= 0.3 is 0 Å². The lowest BCUT2D eigenvalue weighted by molar-refractivity contribution is -0.117. The zero-order valence-electron chi connectivity index (χ0n) is 13.6. The van der Waals surface area contributed by atoms with Crippen molar-refractivity contribution in [1.29, 1.82) is 0 Å². The van der Waals surface area contributed by atoms with E-state index in [-0.39, 0.29) is 5.91 Å². The minimum atomic E-state index is -0.0935. The molecule has 126 valence electrons. The summed E-state index contributed by atoms with van der Waals surface area (Å²) in [5, 5.41) is 3.74. The van der Waals surface area contributed by atoms with Crippen LogP contribution in [0.1, 0.15) is 24.0 Å². The number of halogens is 2. The highest BCUT2D eigenvalue weighted by molar-refractivity contribution is 6.39. The van der Waals surface area contributed by atoms with Crippen molar-refractivity contribution in [3.63, 3.8) is 0 Å². The van der Waals surface area contributed by atoms with Crippen LogP contribution in [-0.4, -0.2) is 23.4 Å². The van der Waals surface area contributed by atoms with Gasteiger partial charge in [-0.25, -0.2) is 0 Å². The molecule has 0 heterocycles. The van der Waals surface area contributed by atoms with Gasteiger partial charge in [0.15, 0.2) is 0 Å². The number of anilines is 1. The Hall–Kier alpha value is -1.55. The Bertz CT molecular complexity index is 706. The zero-order valence-corrected chi connectivity index (χ0v) is 15.1. The summed E-state index contributed by atoms with van der Waals surface area (Å²) in [6.45, 7) is 3.18. The molecule has 1 fully saturated rings. The van der Waals surface area contributed by atoms with Crippen molar-refractivity contribution in [1.82, 2.24) is 4.90 Å². The summed E-state index contributed by atoms with van der Waals surface area (Å²) in [4.78, 5) is 14.6. The van der Waals surface area contributed by atoms with Crippen molar-refractivity contribution in [2.24, 2.45) is 0 Å².